The SMILES string of the molecule is CC/C=C\C/C=C\C/C=C\C/C=C\C/C=C\C/C=C\CCCCCCCCCOCC(COP(=O)([O-])OCC[N+](C)(C)C)OC(=O)CCCCCCCCCCCCCC/C=C\C/C=C\C/C=C\C/C=C\CC. The van der Waals surface area contributed by atoms with Gasteiger partial charge in [0.1, 0.15) is 19.3 Å². The van der Waals surface area contributed by atoms with Gasteiger partial charge in [-0.3, -0.25) is 9.36 Å². The minimum absolute atomic E-state index is 0.0168. The van der Waals surface area contributed by atoms with Crippen molar-refractivity contribution in [3.8, 4) is 0 Å². The number of phosphoric ester groups is 1. The van der Waals surface area contributed by atoms with Crippen LogP contribution >= 0.6 is 7.82 Å². The van der Waals surface area contributed by atoms with Crippen molar-refractivity contribution in [1.29, 1.82) is 0 Å². The molecule has 0 aliphatic heterocycles. The van der Waals surface area contributed by atoms with E-state index >= 15 is 0 Å². The standard InChI is InChI=1S/C64H110NO7P/c1-6-8-10-12-14-16-18-20-22-24-26-28-30-32-34-36-38-40-42-44-46-48-50-52-54-56-59-69-61-63(62-71-73(67,68)70-60-58-65(3,4)5)72-64(66)57-55-53-51-49-47-45-43-41-39-37-35-33-31-29-27-25-23-21-19-17-15-13-11-9-7-2/h8-11,14-17,20-23,26-29,32,34,38,40,63H,6-7,12-13,18-19,24-25,30-31,33,35-37,39,41-62H2,1-5H3/b10-8-,11-9-,16-14-,17-15-,22-20-,23-21-,28-26-,29-27-,34-32-,40-38-. The Morgan fingerprint density at radius 2 is 0.753 bits per heavy atom. The van der Waals surface area contributed by atoms with Crippen LogP contribution in [-0.2, 0) is 27.9 Å². The van der Waals surface area contributed by atoms with Crippen LogP contribution in [-0.4, -0.2) is 70.7 Å². The molecule has 0 amide bonds. The van der Waals surface area contributed by atoms with Crippen LogP contribution in [0.5, 0.6) is 0 Å². The van der Waals surface area contributed by atoms with E-state index in [2.05, 4.69) is 135 Å². The molecule has 0 saturated heterocycles. The first kappa shape index (κ1) is 69.9. The second-order valence-electron chi connectivity index (χ2n) is 20.2. The Balaban J connectivity index is 4.13. The number of phosphoric acid groups is 1. The molecule has 0 aromatic carbocycles. The molecular formula is C64H110NO7P. The average molecular weight is 1040 g/mol. The smallest absolute Gasteiger partial charge is 0.306 e. The van der Waals surface area contributed by atoms with E-state index < -0.39 is 13.9 Å². The summed E-state index contributed by atoms with van der Waals surface area (Å²) in [5, 5.41) is 0. The third-order valence-corrected chi connectivity index (χ3v) is 13.0. The van der Waals surface area contributed by atoms with E-state index in [1.54, 1.807) is 0 Å². The second-order valence-corrected chi connectivity index (χ2v) is 21.6. The number of rotatable bonds is 53. The highest BCUT2D eigenvalue weighted by Crippen LogP contribution is 2.38. The van der Waals surface area contributed by atoms with Gasteiger partial charge in [-0.15, -0.1) is 0 Å². The summed E-state index contributed by atoms with van der Waals surface area (Å²) in [6, 6.07) is 0. The lowest BCUT2D eigenvalue weighted by Gasteiger charge is -2.28. The number of unbranched alkanes of at least 4 members (excludes halogenated alkanes) is 19. The maximum Gasteiger partial charge on any atom is 0.306 e. The zero-order chi connectivity index (χ0) is 53.3. The van der Waals surface area contributed by atoms with E-state index in [0.29, 0.717) is 24.1 Å². The fourth-order valence-electron chi connectivity index (χ4n) is 7.60. The third-order valence-electron chi connectivity index (χ3n) is 12.0. The highest BCUT2D eigenvalue weighted by molar-refractivity contribution is 7.45. The molecule has 73 heavy (non-hydrogen) atoms. The minimum atomic E-state index is -4.55. The molecule has 9 heteroatoms. The zero-order valence-corrected chi connectivity index (χ0v) is 48.4. The number of carbonyl (C=O) groups is 1. The van der Waals surface area contributed by atoms with Crippen molar-refractivity contribution in [3.63, 3.8) is 0 Å². The molecule has 0 bridgehead atoms. The van der Waals surface area contributed by atoms with Gasteiger partial charge in [-0.2, -0.15) is 0 Å². The number of quaternary nitrogens is 1. The van der Waals surface area contributed by atoms with E-state index in [-0.39, 0.29) is 25.8 Å². The van der Waals surface area contributed by atoms with Crippen LogP contribution in [0.25, 0.3) is 0 Å². The topological polar surface area (TPSA) is 94.1 Å². The van der Waals surface area contributed by atoms with Gasteiger partial charge in [-0.05, 0) is 103 Å². The van der Waals surface area contributed by atoms with Crippen LogP contribution in [0.1, 0.15) is 219 Å². The van der Waals surface area contributed by atoms with Crippen LogP contribution in [0.15, 0.2) is 122 Å². The van der Waals surface area contributed by atoms with Crippen molar-refractivity contribution < 1.29 is 37.3 Å². The van der Waals surface area contributed by atoms with Gasteiger partial charge in [-0.25, -0.2) is 0 Å². The van der Waals surface area contributed by atoms with Crippen LogP contribution in [0.4, 0.5) is 0 Å². The zero-order valence-electron chi connectivity index (χ0n) is 47.5. The number of carbonyl (C=O) groups excluding carboxylic acids is 1. The summed E-state index contributed by atoms with van der Waals surface area (Å²) >= 11 is 0. The molecule has 0 heterocycles. The molecule has 0 radical (unpaired) electrons. The van der Waals surface area contributed by atoms with Crippen molar-refractivity contribution in [2.75, 3.05) is 54.1 Å². The van der Waals surface area contributed by atoms with E-state index in [0.717, 1.165) is 109 Å². The monoisotopic (exact) mass is 1040 g/mol. The normalized spacial score (nSPS) is 14.3. The van der Waals surface area contributed by atoms with Crippen LogP contribution in [0.3, 0.4) is 0 Å². The maximum atomic E-state index is 12.8. The molecule has 0 aliphatic rings. The van der Waals surface area contributed by atoms with Gasteiger partial charge in [0.15, 0.2) is 0 Å². The fourth-order valence-corrected chi connectivity index (χ4v) is 8.33. The molecule has 8 nitrogen and oxygen atoms in total. The number of likely N-dealkylation sites (N-methyl/N-ethyl adjacent to an activating group) is 1. The molecule has 0 N–H and O–H groups in total. The van der Waals surface area contributed by atoms with Crippen molar-refractivity contribution in [2.24, 2.45) is 0 Å². The number of ether oxygens (including phenoxy) is 2. The number of esters is 1. The Hall–Kier alpha value is -3.10. The molecule has 0 fully saturated rings. The van der Waals surface area contributed by atoms with E-state index in [1.807, 2.05) is 21.1 Å². The van der Waals surface area contributed by atoms with Crippen molar-refractivity contribution >= 4 is 13.8 Å². The molecule has 418 valence electrons. The molecule has 0 spiro atoms. The van der Waals surface area contributed by atoms with E-state index in [9.17, 15) is 14.3 Å². The first-order valence-corrected chi connectivity index (χ1v) is 30.7. The van der Waals surface area contributed by atoms with Gasteiger partial charge in [0.25, 0.3) is 7.82 Å². The molecular weight excluding hydrogens is 926 g/mol. The van der Waals surface area contributed by atoms with Gasteiger partial charge in [0.2, 0.25) is 0 Å². The van der Waals surface area contributed by atoms with E-state index in [4.69, 9.17) is 18.5 Å². The Morgan fingerprint density at radius 1 is 0.425 bits per heavy atom. The van der Waals surface area contributed by atoms with Crippen molar-refractivity contribution in [1.82, 2.24) is 0 Å². The van der Waals surface area contributed by atoms with Crippen LogP contribution in [0, 0.1) is 0 Å². The lowest BCUT2D eigenvalue weighted by atomic mass is 10.0. The molecule has 0 rings (SSSR count). The lowest BCUT2D eigenvalue weighted by Crippen LogP contribution is -2.37. The van der Waals surface area contributed by atoms with Gasteiger partial charge in [0, 0.05) is 13.0 Å². The van der Waals surface area contributed by atoms with Crippen LogP contribution in [0.2, 0.25) is 0 Å². The number of hydrogen-bond acceptors (Lipinski definition) is 7. The van der Waals surface area contributed by atoms with Gasteiger partial charge >= 0.3 is 5.97 Å². The molecule has 0 aromatic heterocycles. The van der Waals surface area contributed by atoms with Gasteiger partial charge < -0.3 is 27.9 Å². The molecule has 0 aromatic rings. The first-order chi connectivity index (χ1) is 35.6. The fraction of sp³-hybridized carbons (Fsp3) is 0.672. The number of allylic oxidation sites excluding steroid dienone is 20. The lowest BCUT2D eigenvalue weighted by molar-refractivity contribution is -0.870. The Labute approximate surface area is 450 Å². The summed E-state index contributed by atoms with van der Waals surface area (Å²) in [6.07, 6.45) is 79.5. The highest BCUT2D eigenvalue weighted by atomic mass is 31.2. The molecule has 0 aliphatic carbocycles. The Kier molecular flexibility index (Phi) is 52.8. The molecule has 2 atom stereocenters. The predicted molar refractivity (Wildman–Crippen MR) is 314 cm³/mol. The quantitative estimate of drug-likeness (QED) is 0.0197. The first-order valence-electron chi connectivity index (χ1n) is 29.3. The van der Waals surface area contributed by atoms with Gasteiger partial charge in [-0.1, -0.05) is 232 Å². The molecule has 2 unspecified atom stereocenters. The number of nitrogens with zero attached hydrogens (tertiary/aromatic N) is 1. The molecule has 0 saturated carbocycles. The average Bonchev–Trinajstić information content (AvgIpc) is 3.35. The van der Waals surface area contributed by atoms with E-state index in [1.165, 1.54) is 89.9 Å². The maximum absolute atomic E-state index is 12.8. The summed E-state index contributed by atoms with van der Waals surface area (Å²) in [6.45, 7) is 5.15. The predicted octanol–water partition coefficient (Wildman–Crippen LogP) is 18.2. The largest absolute Gasteiger partial charge is 0.756 e. The summed E-state index contributed by atoms with van der Waals surface area (Å²) in [5.41, 5.74) is 0. The second kappa shape index (κ2) is 55.1. The van der Waals surface area contributed by atoms with Gasteiger partial charge in [0.05, 0.1) is 34.4 Å². The van der Waals surface area contributed by atoms with Crippen molar-refractivity contribution in [2.45, 2.75) is 225 Å². The Morgan fingerprint density at radius 3 is 1.12 bits per heavy atom. The minimum Gasteiger partial charge on any atom is -0.756 e. The summed E-state index contributed by atoms with van der Waals surface area (Å²) in [4.78, 5) is 25.3. The summed E-state index contributed by atoms with van der Waals surface area (Å²) in [5.74, 6) is -0.344. The number of hydrogen-bond donors (Lipinski definition) is 0. The van der Waals surface area contributed by atoms with Crippen molar-refractivity contribution in [3.05, 3.63) is 122 Å². The summed E-state index contributed by atoms with van der Waals surface area (Å²) < 4.78 is 34.9. The Bertz CT molecular complexity index is 1580. The summed E-state index contributed by atoms with van der Waals surface area (Å²) in [7, 11) is 1.33. The van der Waals surface area contributed by atoms with Crippen LogP contribution < -0.4 is 4.89 Å². The third kappa shape index (κ3) is 59.7. The highest BCUT2D eigenvalue weighted by Gasteiger charge is 2.20.